The number of rotatable bonds is 7. The molecular formula is C16H21N3O. The second-order valence-electron chi connectivity index (χ2n) is 4.89. The van der Waals surface area contributed by atoms with E-state index in [9.17, 15) is 4.79 Å². The first-order valence-electron chi connectivity index (χ1n) is 7.19. The van der Waals surface area contributed by atoms with Crippen molar-refractivity contribution in [2.45, 2.75) is 39.0 Å². The molecule has 0 saturated heterocycles. The van der Waals surface area contributed by atoms with Crippen molar-refractivity contribution in [3.8, 4) is 0 Å². The van der Waals surface area contributed by atoms with Crippen LogP contribution in [0.2, 0.25) is 0 Å². The van der Waals surface area contributed by atoms with Crippen molar-refractivity contribution in [2.24, 2.45) is 5.10 Å². The van der Waals surface area contributed by atoms with Crippen molar-refractivity contribution >= 4 is 23.0 Å². The summed E-state index contributed by atoms with van der Waals surface area (Å²) in [5.74, 6) is -0.0165. The maximum absolute atomic E-state index is 11.6. The van der Waals surface area contributed by atoms with Crippen LogP contribution in [0, 0.1) is 0 Å². The Morgan fingerprint density at radius 1 is 1.30 bits per heavy atom. The van der Waals surface area contributed by atoms with E-state index in [0.717, 1.165) is 29.3 Å². The fourth-order valence-corrected chi connectivity index (χ4v) is 2.14. The van der Waals surface area contributed by atoms with Crippen LogP contribution in [0.1, 0.15) is 44.6 Å². The van der Waals surface area contributed by atoms with Gasteiger partial charge in [0.15, 0.2) is 0 Å². The number of aromatic amines is 1. The fourth-order valence-electron chi connectivity index (χ4n) is 2.14. The van der Waals surface area contributed by atoms with Gasteiger partial charge in [-0.3, -0.25) is 4.79 Å². The average molecular weight is 271 g/mol. The van der Waals surface area contributed by atoms with Crippen molar-refractivity contribution in [3.63, 3.8) is 0 Å². The standard InChI is InChI=1S/C16H21N3O/c1-2-3-4-5-10-16(20)19-18-12-13-11-17-15-9-7-6-8-14(13)15/h6-9,11-12,17H,2-5,10H2,1H3,(H,19,20)/b18-12+. The number of hydrogen-bond donors (Lipinski definition) is 2. The molecule has 1 aromatic carbocycles. The van der Waals surface area contributed by atoms with Gasteiger partial charge in [0, 0.05) is 29.1 Å². The van der Waals surface area contributed by atoms with Crippen molar-refractivity contribution in [1.82, 2.24) is 10.4 Å². The minimum Gasteiger partial charge on any atom is -0.361 e. The zero-order valence-corrected chi connectivity index (χ0v) is 11.9. The predicted octanol–water partition coefficient (Wildman–Crippen LogP) is 3.59. The van der Waals surface area contributed by atoms with E-state index in [-0.39, 0.29) is 5.91 Å². The quantitative estimate of drug-likeness (QED) is 0.451. The number of para-hydroxylation sites is 1. The molecule has 1 aromatic heterocycles. The molecule has 1 heterocycles. The van der Waals surface area contributed by atoms with Gasteiger partial charge in [-0.1, -0.05) is 44.4 Å². The number of hydrazone groups is 1. The average Bonchev–Trinajstić information content (AvgIpc) is 2.87. The smallest absolute Gasteiger partial charge is 0.240 e. The van der Waals surface area contributed by atoms with Crippen LogP contribution in [0.5, 0.6) is 0 Å². The summed E-state index contributed by atoms with van der Waals surface area (Å²) in [7, 11) is 0. The lowest BCUT2D eigenvalue weighted by molar-refractivity contribution is -0.121. The summed E-state index contributed by atoms with van der Waals surface area (Å²) in [6.45, 7) is 2.16. The second-order valence-corrected chi connectivity index (χ2v) is 4.89. The highest BCUT2D eigenvalue weighted by Crippen LogP contribution is 2.15. The number of amides is 1. The van der Waals surface area contributed by atoms with E-state index >= 15 is 0 Å². The lowest BCUT2D eigenvalue weighted by Crippen LogP contribution is -2.16. The Balaban J connectivity index is 1.82. The Bertz CT molecular complexity index is 586. The van der Waals surface area contributed by atoms with Gasteiger partial charge in [-0.05, 0) is 12.5 Å². The SMILES string of the molecule is CCCCCCC(=O)N/N=C/c1c[nH]c2ccccc12. The van der Waals surface area contributed by atoms with Crippen LogP contribution in [-0.2, 0) is 4.79 Å². The van der Waals surface area contributed by atoms with E-state index in [1.807, 2.05) is 30.5 Å². The van der Waals surface area contributed by atoms with E-state index in [1.165, 1.54) is 12.8 Å². The zero-order valence-electron chi connectivity index (χ0n) is 11.9. The Labute approximate surface area is 119 Å². The number of carbonyl (C=O) groups excluding carboxylic acids is 1. The Morgan fingerprint density at radius 3 is 3.00 bits per heavy atom. The first-order valence-corrected chi connectivity index (χ1v) is 7.19. The number of fused-ring (bicyclic) bond motifs is 1. The minimum atomic E-state index is -0.0165. The molecule has 0 radical (unpaired) electrons. The van der Waals surface area contributed by atoms with Crippen LogP contribution < -0.4 is 5.43 Å². The molecule has 0 bridgehead atoms. The third-order valence-electron chi connectivity index (χ3n) is 3.27. The molecular weight excluding hydrogens is 250 g/mol. The maximum Gasteiger partial charge on any atom is 0.240 e. The number of nitrogens with one attached hydrogen (secondary N) is 2. The number of H-pyrrole nitrogens is 1. The lowest BCUT2D eigenvalue weighted by atomic mass is 10.1. The monoisotopic (exact) mass is 271 g/mol. The molecule has 2 aromatic rings. The van der Waals surface area contributed by atoms with Gasteiger partial charge in [-0.2, -0.15) is 5.10 Å². The molecule has 0 aliphatic carbocycles. The van der Waals surface area contributed by atoms with E-state index in [2.05, 4.69) is 22.4 Å². The summed E-state index contributed by atoms with van der Waals surface area (Å²) in [5, 5.41) is 5.12. The number of hydrogen-bond acceptors (Lipinski definition) is 2. The van der Waals surface area contributed by atoms with Crippen LogP contribution >= 0.6 is 0 Å². The first-order chi connectivity index (χ1) is 9.81. The molecule has 4 heteroatoms. The highest BCUT2D eigenvalue weighted by atomic mass is 16.2. The van der Waals surface area contributed by atoms with Crippen molar-refractivity contribution in [1.29, 1.82) is 0 Å². The Hall–Kier alpha value is -2.10. The van der Waals surface area contributed by atoms with Gasteiger partial charge in [0.2, 0.25) is 5.91 Å². The topological polar surface area (TPSA) is 57.2 Å². The normalized spacial score (nSPS) is 11.2. The Morgan fingerprint density at radius 2 is 2.15 bits per heavy atom. The third-order valence-corrected chi connectivity index (χ3v) is 3.27. The summed E-state index contributed by atoms with van der Waals surface area (Å²) in [5.41, 5.74) is 4.63. The summed E-state index contributed by atoms with van der Waals surface area (Å²) >= 11 is 0. The van der Waals surface area contributed by atoms with Gasteiger partial charge in [-0.25, -0.2) is 5.43 Å². The van der Waals surface area contributed by atoms with Crippen LogP contribution in [0.4, 0.5) is 0 Å². The molecule has 2 rings (SSSR count). The largest absolute Gasteiger partial charge is 0.361 e. The molecule has 4 nitrogen and oxygen atoms in total. The predicted molar refractivity (Wildman–Crippen MR) is 82.8 cm³/mol. The van der Waals surface area contributed by atoms with Gasteiger partial charge >= 0.3 is 0 Å². The summed E-state index contributed by atoms with van der Waals surface area (Å²) < 4.78 is 0. The molecule has 0 unspecified atom stereocenters. The van der Waals surface area contributed by atoms with E-state index < -0.39 is 0 Å². The Kier molecular flexibility index (Phi) is 5.35. The highest BCUT2D eigenvalue weighted by Gasteiger charge is 2.01. The van der Waals surface area contributed by atoms with Crippen molar-refractivity contribution < 1.29 is 4.79 Å². The maximum atomic E-state index is 11.6. The van der Waals surface area contributed by atoms with Crippen LogP contribution in [0.15, 0.2) is 35.6 Å². The van der Waals surface area contributed by atoms with E-state index in [4.69, 9.17) is 0 Å². The molecule has 0 aliphatic rings. The first kappa shape index (κ1) is 14.3. The van der Waals surface area contributed by atoms with E-state index in [0.29, 0.717) is 6.42 Å². The molecule has 2 N–H and O–H groups in total. The molecule has 0 atom stereocenters. The van der Waals surface area contributed by atoms with Crippen LogP contribution in [0.25, 0.3) is 10.9 Å². The zero-order chi connectivity index (χ0) is 14.2. The molecule has 1 amide bonds. The summed E-state index contributed by atoms with van der Waals surface area (Å²) in [6.07, 6.45) is 8.53. The fraction of sp³-hybridized carbons (Fsp3) is 0.375. The van der Waals surface area contributed by atoms with E-state index in [1.54, 1.807) is 6.21 Å². The molecule has 20 heavy (non-hydrogen) atoms. The van der Waals surface area contributed by atoms with Gasteiger partial charge in [0.1, 0.15) is 0 Å². The van der Waals surface area contributed by atoms with Gasteiger partial charge in [0.05, 0.1) is 6.21 Å². The second kappa shape index (κ2) is 7.48. The number of unbranched alkanes of at least 4 members (excludes halogenated alkanes) is 3. The van der Waals surface area contributed by atoms with Gasteiger partial charge < -0.3 is 4.98 Å². The number of benzene rings is 1. The molecule has 106 valence electrons. The van der Waals surface area contributed by atoms with Crippen LogP contribution in [-0.4, -0.2) is 17.1 Å². The van der Waals surface area contributed by atoms with Gasteiger partial charge in [0.25, 0.3) is 0 Å². The number of carbonyl (C=O) groups is 1. The molecule has 0 aliphatic heterocycles. The van der Waals surface area contributed by atoms with Crippen molar-refractivity contribution in [2.75, 3.05) is 0 Å². The highest BCUT2D eigenvalue weighted by molar-refractivity contribution is 5.99. The molecule has 0 spiro atoms. The summed E-state index contributed by atoms with van der Waals surface area (Å²) in [4.78, 5) is 14.7. The minimum absolute atomic E-state index is 0.0165. The van der Waals surface area contributed by atoms with Crippen molar-refractivity contribution in [3.05, 3.63) is 36.0 Å². The summed E-state index contributed by atoms with van der Waals surface area (Å²) in [6, 6.07) is 8.01. The molecule has 0 fully saturated rings. The van der Waals surface area contributed by atoms with Gasteiger partial charge in [-0.15, -0.1) is 0 Å². The van der Waals surface area contributed by atoms with Crippen LogP contribution in [0.3, 0.4) is 0 Å². The molecule has 0 saturated carbocycles. The lowest BCUT2D eigenvalue weighted by Gasteiger charge is -1.99. The number of nitrogens with zero attached hydrogens (tertiary/aromatic N) is 1. The third kappa shape index (κ3) is 3.95. The number of aromatic nitrogens is 1.